The fourth-order valence-electron chi connectivity index (χ4n) is 14.5. The van der Waals surface area contributed by atoms with Gasteiger partial charge >= 0.3 is 0 Å². The molecule has 2 saturated heterocycles. The first-order chi connectivity index (χ1) is 49.1. The molecule has 2 aliphatic rings. The monoisotopic (exact) mass is 1420 g/mol. The van der Waals surface area contributed by atoms with Crippen molar-refractivity contribution in [2.75, 3.05) is 19.8 Å². The van der Waals surface area contributed by atoms with Gasteiger partial charge in [-0.3, -0.25) is 4.79 Å². The standard InChI is InChI=1S/C86H163NO13/c1-3-5-7-9-11-13-15-17-19-21-23-25-27-29-31-33-34-35-36-37-38-39-40-42-44-46-48-50-52-54-56-58-60-62-64-66-68-70-78(91)87-74(73-97-85-83(96)81(94)84(77(72-89)99-85)100-86-82(95)80(93)79(92)76(71-88)98-86)75(90)69-67-65-63-61-59-57-55-53-51-49-47-45-43-41-32-30-28-26-24-22-20-18-16-14-12-10-8-6-4-2/h15,17,21,23,67,69,74-77,79-86,88-90,92-96H,3-14,16,18-20,22,24-66,68,70-73H2,1-2H3,(H,87,91)/b17-15-,23-21-,69-67+. The maximum Gasteiger partial charge on any atom is 0.220 e. The summed E-state index contributed by atoms with van der Waals surface area (Å²) >= 11 is 0. The molecular weight excluding hydrogens is 1250 g/mol. The number of unbranched alkanes of at least 4 members (excludes halogenated alkanes) is 57. The van der Waals surface area contributed by atoms with E-state index in [1.165, 1.54) is 340 Å². The molecule has 590 valence electrons. The highest BCUT2D eigenvalue weighted by atomic mass is 16.7. The lowest BCUT2D eigenvalue weighted by Gasteiger charge is -2.46. The number of aliphatic hydroxyl groups excluding tert-OH is 8. The molecule has 0 radical (unpaired) electrons. The highest BCUT2D eigenvalue weighted by Gasteiger charge is 2.51. The summed E-state index contributed by atoms with van der Waals surface area (Å²) in [6.45, 7) is 2.86. The molecular formula is C86H163NO13. The molecule has 100 heavy (non-hydrogen) atoms. The van der Waals surface area contributed by atoms with Gasteiger partial charge in [-0.15, -0.1) is 0 Å². The highest BCUT2D eigenvalue weighted by molar-refractivity contribution is 5.76. The number of allylic oxidation sites excluding steroid dienone is 5. The van der Waals surface area contributed by atoms with Crippen LogP contribution in [0.4, 0.5) is 0 Å². The Morgan fingerprint density at radius 2 is 0.660 bits per heavy atom. The van der Waals surface area contributed by atoms with Crippen molar-refractivity contribution in [2.24, 2.45) is 0 Å². The zero-order valence-corrected chi connectivity index (χ0v) is 65.0. The Balaban J connectivity index is 1.57. The fourth-order valence-corrected chi connectivity index (χ4v) is 14.5. The zero-order chi connectivity index (χ0) is 72.2. The number of hydrogen-bond acceptors (Lipinski definition) is 13. The number of carbonyl (C=O) groups excluding carboxylic acids is 1. The molecule has 12 unspecified atom stereocenters. The molecule has 0 aliphatic carbocycles. The van der Waals surface area contributed by atoms with E-state index in [4.69, 9.17) is 18.9 Å². The van der Waals surface area contributed by atoms with Crippen molar-refractivity contribution in [2.45, 2.75) is 485 Å². The second-order valence-corrected chi connectivity index (χ2v) is 30.7. The maximum absolute atomic E-state index is 13.4. The minimum atomic E-state index is -1.79. The van der Waals surface area contributed by atoms with E-state index in [1.54, 1.807) is 6.08 Å². The first-order valence-corrected chi connectivity index (χ1v) is 43.2. The summed E-state index contributed by atoms with van der Waals surface area (Å²) in [6, 6.07) is -0.915. The van der Waals surface area contributed by atoms with Crippen LogP contribution in [0.25, 0.3) is 0 Å². The van der Waals surface area contributed by atoms with Crippen LogP contribution < -0.4 is 5.32 Å². The first kappa shape index (κ1) is 94.3. The van der Waals surface area contributed by atoms with E-state index in [9.17, 15) is 45.6 Å². The lowest BCUT2D eigenvalue weighted by molar-refractivity contribution is -0.359. The smallest absolute Gasteiger partial charge is 0.220 e. The number of nitrogens with one attached hydrogen (secondary N) is 1. The van der Waals surface area contributed by atoms with Gasteiger partial charge in [0, 0.05) is 6.42 Å². The molecule has 14 nitrogen and oxygen atoms in total. The van der Waals surface area contributed by atoms with Gasteiger partial charge in [-0.25, -0.2) is 0 Å². The molecule has 0 saturated carbocycles. The van der Waals surface area contributed by atoms with Gasteiger partial charge in [0.15, 0.2) is 12.6 Å². The Kier molecular flexibility index (Phi) is 66.2. The van der Waals surface area contributed by atoms with Crippen molar-refractivity contribution in [1.82, 2.24) is 5.32 Å². The molecule has 0 aromatic rings. The maximum atomic E-state index is 13.4. The Bertz CT molecular complexity index is 1820. The van der Waals surface area contributed by atoms with Crippen LogP contribution in [0.3, 0.4) is 0 Å². The van der Waals surface area contributed by atoms with E-state index >= 15 is 0 Å². The predicted octanol–water partition coefficient (Wildman–Crippen LogP) is 20.4. The second kappa shape index (κ2) is 70.2. The Morgan fingerprint density at radius 1 is 0.360 bits per heavy atom. The number of carbonyl (C=O) groups is 1. The van der Waals surface area contributed by atoms with Gasteiger partial charge in [0.05, 0.1) is 32.0 Å². The predicted molar refractivity (Wildman–Crippen MR) is 415 cm³/mol. The number of aliphatic hydroxyl groups is 8. The van der Waals surface area contributed by atoms with Crippen LogP contribution in [-0.4, -0.2) is 140 Å². The van der Waals surface area contributed by atoms with E-state index in [2.05, 4.69) is 43.5 Å². The van der Waals surface area contributed by atoms with Crippen molar-refractivity contribution >= 4 is 5.91 Å². The summed E-state index contributed by atoms with van der Waals surface area (Å²) in [7, 11) is 0. The van der Waals surface area contributed by atoms with Crippen molar-refractivity contribution in [3.63, 3.8) is 0 Å². The number of amides is 1. The van der Waals surface area contributed by atoms with E-state index in [0.717, 1.165) is 44.9 Å². The third-order valence-corrected chi connectivity index (χ3v) is 21.3. The Labute approximate surface area is 614 Å². The van der Waals surface area contributed by atoms with Crippen LogP contribution in [0.2, 0.25) is 0 Å². The Hall–Kier alpha value is -1.79. The van der Waals surface area contributed by atoms with Gasteiger partial charge in [0.2, 0.25) is 5.91 Å². The lowest BCUT2D eigenvalue weighted by Crippen LogP contribution is -2.65. The van der Waals surface area contributed by atoms with Crippen molar-refractivity contribution in [1.29, 1.82) is 0 Å². The van der Waals surface area contributed by atoms with Gasteiger partial charge in [-0.2, -0.15) is 0 Å². The van der Waals surface area contributed by atoms with Gasteiger partial charge in [-0.1, -0.05) is 391 Å². The second-order valence-electron chi connectivity index (χ2n) is 30.7. The molecule has 1 amide bonds. The molecule has 2 rings (SSSR count). The summed E-state index contributed by atoms with van der Waals surface area (Å²) in [5.74, 6) is -0.230. The summed E-state index contributed by atoms with van der Waals surface area (Å²) in [5.41, 5.74) is 0. The minimum absolute atomic E-state index is 0.230. The third-order valence-electron chi connectivity index (χ3n) is 21.3. The van der Waals surface area contributed by atoms with Crippen LogP contribution in [0.1, 0.15) is 412 Å². The number of rotatable bonds is 74. The largest absolute Gasteiger partial charge is 0.394 e. The highest BCUT2D eigenvalue weighted by Crippen LogP contribution is 2.31. The average molecular weight is 1420 g/mol. The molecule has 12 atom stereocenters. The van der Waals surface area contributed by atoms with Crippen LogP contribution in [-0.2, 0) is 23.7 Å². The van der Waals surface area contributed by atoms with Crippen LogP contribution in [0.15, 0.2) is 36.5 Å². The van der Waals surface area contributed by atoms with Crippen LogP contribution in [0.5, 0.6) is 0 Å². The van der Waals surface area contributed by atoms with Crippen molar-refractivity contribution in [3.8, 4) is 0 Å². The molecule has 14 heteroatoms. The topological polar surface area (TPSA) is 228 Å². The van der Waals surface area contributed by atoms with Gasteiger partial charge < -0.3 is 65.1 Å². The van der Waals surface area contributed by atoms with Crippen LogP contribution in [0, 0.1) is 0 Å². The molecule has 2 fully saturated rings. The van der Waals surface area contributed by atoms with Crippen molar-refractivity contribution < 1.29 is 64.6 Å². The number of ether oxygens (including phenoxy) is 4. The van der Waals surface area contributed by atoms with Gasteiger partial charge in [-0.05, 0) is 51.4 Å². The molecule has 0 aromatic heterocycles. The molecule has 2 heterocycles. The normalized spacial score (nSPS) is 21.9. The number of hydrogen-bond donors (Lipinski definition) is 9. The summed E-state index contributed by atoms with van der Waals surface area (Å²) < 4.78 is 23.0. The summed E-state index contributed by atoms with van der Waals surface area (Å²) in [6.07, 6.45) is 76.8. The van der Waals surface area contributed by atoms with E-state index in [0.29, 0.717) is 6.42 Å². The molecule has 9 N–H and O–H groups in total. The zero-order valence-electron chi connectivity index (χ0n) is 65.0. The van der Waals surface area contributed by atoms with Crippen LogP contribution >= 0.6 is 0 Å². The quantitative estimate of drug-likeness (QED) is 0.0204. The summed E-state index contributed by atoms with van der Waals surface area (Å²) in [4.78, 5) is 13.4. The minimum Gasteiger partial charge on any atom is -0.394 e. The lowest BCUT2D eigenvalue weighted by atomic mass is 9.97. The van der Waals surface area contributed by atoms with Gasteiger partial charge in [0.1, 0.15) is 48.8 Å². The van der Waals surface area contributed by atoms with Crippen molar-refractivity contribution in [3.05, 3.63) is 36.5 Å². The summed E-state index contributed by atoms with van der Waals surface area (Å²) in [5, 5.41) is 87.8. The van der Waals surface area contributed by atoms with E-state index < -0.39 is 86.8 Å². The van der Waals surface area contributed by atoms with E-state index in [1.807, 2.05) is 6.08 Å². The Morgan fingerprint density at radius 3 is 1.00 bits per heavy atom. The molecule has 2 aliphatic heterocycles. The SMILES string of the molecule is CCCCCCC/C=C\C/C=C\CCCCCCCCCCCCCCCCCCCCCCCCCCCC(=O)NC(COC1OC(CO)C(OC2OC(CO)C(O)C(O)C2O)C(O)C1O)C(O)/C=C/CCCCCCCCCCCCCCCCCCCCCCCCCCCCC. The first-order valence-electron chi connectivity index (χ1n) is 43.2. The van der Waals surface area contributed by atoms with E-state index in [-0.39, 0.29) is 18.9 Å². The third kappa shape index (κ3) is 52.2. The molecule has 0 aromatic carbocycles. The molecule has 0 bridgehead atoms. The fraction of sp³-hybridized carbons (Fsp3) is 0.919. The average Bonchev–Trinajstić information content (AvgIpc) is 0.791. The molecule has 0 spiro atoms. The van der Waals surface area contributed by atoms with Gasteiger partial charge in [0.25, 0.3) is 0 Å².